The summed E-state index contributed by atoms with van der Waals surface area (Å²) >= 11 is 0. The molecule has 1 unspecified atom stereocenters. The SMILES string of the molecule is CC1C[C@H]2N[C@](C)(C/C(=C/c3cnc(-c4ccc(-n5ccnc5)cc4O)cn3)[C@H]2F)C1. The van der Waals surface area contributed by atoms with Gasteiger partial charge in [-0.2, -0.15) is 0 Å². The molecule has 0 aliphatic carbocycles. The first-order valence-corrected chi connectivity index (χ1v) is 10.7. The van der Waals surface area contributed by atoms with E-state index in [1.165, 1.54) is 0 Å². The molecule has 0 radical (unpaired) electrons. The van der Waals surface area contributed by atoms with Gasteiger partial charge < -0.3 is 15.0 Å². The highest BCUT2D eigenvalue weighted by Gasteiger charge is 2.45. The van der Waals surface area contributed by atoms with Gasteiger partial charge >= 0.3 is 0 Å². The Bertz CT molecular complexity index is 1110. The first-order chi connectivity index (χ1) is 14.9. The van der Waals surface area contributed by atoms with Crippen molar-refractivity contribution >= 4 is 6.08 Å². The molecule has 4 atom stereocenters. The number of rotatable bonds is 3. The molecule has 0 spiro atoms. The minimum atomic E-state index is -1.00. The molecule has 2 aliphatic heterocycles. The fraction of sp³-hybridized carbons (Fsp3) is 0.375. The van der Waals surface area contributed by atoms with Crippen molar-refractivity contribution in [3.05, 3.63) is 60.6 Å². The highest BCUT2D eigenvalue weighted by Crippen LogP contribution is 2.41. The Balaban J connectivity index is 1.38. The van der Waals surface area contributed by atoms with E-state index in [9.17, 15) is 5.11 Å². The summed E-state index contributed by atoms with van der Waals surface area (Å²) in [5.74, 6) is 0.645. The number of aromatic nitrogens is 4. The number of nitrogens with one attached hydrogen (secondary N) is 1. The maximum atomic E-state index is 15.1. The van der Waals surface area contributed by atoms with Crippen LogP contribution < -0.4 is 5.32 Å². The first-order valence-electron chi connectivity index (χ1n) is 10.7. The maximum absolute atomic E-state index is 15.1. The Morgan fingerprint density at radius 3 is 2.87 bits per heavy atom. The van der Waals surface area contributed by atoms with Gasteiger partial charge in [0.05, 0.1) is 35.8 Å². The number of piperidine rings is 2. The van der Waals surface area contributed by atoms with Crippen LogP contribution in [0.5, 0.6) is 5.75 Å². The van der Waals surface area contributed by atoms with Gasteiger partial charge in [0, 0.05) is 35.6 Å². The van der Waals surface area contributed by atoms with Crippen molar-refractivity contribution in [3.63, 3.8) is 0 Å². The predicted octanol–water partition coefficient (Wildman–Crippen LogP) is 4.31. The lowest BCUT2D eigenvalue weighted by Crippen LogP contribution is -2.61. The smallest absolute Gasteiger partial charge is 0.137 e. The number of nitrogens with zero attached hydrogens (tertiary/aromatic N) is 4. The highest BCUT2D eigenvalue weighted by molar-refractivity contribution is 5.68. The third-order valence-corrected chi connectivity index (χ3v) is 6.36. The van der Waals surface area contributed by atoms with Crippen LogP contribution in [0.15, 0.2) is 54.9 Å². The standard InChI is InChI=1S/C24H26FN5O/c1-15-7-20-23(25)16(11-24(2,10-15)29-20)8-17-12-28-21(13-27-17)19-4-3-18(9-22(19)31)30-6-5-26-14-30/h3-6,8-9,12-15,20,23,29,31H,7,10-11H2,1-2H3/b16-8-/t15?,20-,23-,24+/m1/s1. The molecule has 160 valence electrons. The van der Waals surface area contributed by atoms with Crippen LogP contribution in [-0.2, 0) is 0 Å². The fourth-order valence-electron chi connectivity index (χ4n) is 5.15. The van der Waals surface area contributed by atoms with Gasteiger partial charge in [0.25, 0.3) is 0 Å². The summed E-state index contributed by atoms with van der Waals surface area (Å²) in [6, 6.07) is 5.22. The Labute approximate surface area is 180 Å². The summed E-state index contributed by atoms with van der Waals surface area (Å²) in [6.45, 7) is 4.38. The molecule has 2 saturated heterocycles. The molecule has 5 rings (SSSR count). The zero-order valence-electron chi connectivity index (χ0n) is 17.7. The molecule has 6 nitrogen and oxygen atoms in total. The van der Waals surface area contributed by atoms with Crippen LogP contribution in [-0.4, -0.2) is 42.4 Å². The van der Waals surface area contributed by atoms with E-state index in [0.29, 0.717) is 29.3 Å². The predicted molar refractivity (Wildman–Crippen MR) is 117 cm³/mol. The van der Waals surface area contributed by atoms with Crippen LogP contribution >= 0.6 is 0 Å². The lowest BCUT2D eigenvalue weighted by atomic mass is 9.70. The minimum Gasteiger partial charge on any atom is -0.507 e. The van der Waals surface area contributed by atoms with Gasteiger partial charge in [0.2, 0.25) is 0 Å². The number of fused-ring (bicyclic) bond motifs is 2. The number of imidazole rings is 1. The number of phenolic OH excluding ortho intramolecular Hbond substituents is 1. The van der Waals surface area contributed by atoms with Gasteiger partial charge in [-0.3, -0.25) is 9.97 Å². The molecule has 2 aliphatic rings. The summed E-state index contributed by atoms with van der Waals surface area (Å²) in [7, 11) is 0. The average Bonchev–Trinajstić information content (AvgIpc) is 3.27. The monoisotopic (exact) mass is 419 g/mol. The van der Waals surface area contributed by atoms with Crippen LogP contribution in [0.3, 0.4) is 0 Å². The topological polar surface area (TPSA) is 75.9 Å². The summed E-state index contributed by atoms with van der Waals surface area (Å²) < 4.78 is 16.9. The van der Waals surface area contributed by atoms with Crippen molar-refractivity contribution in [2.45, 2.75) is 50.9 Å². The van der Waals surface area contributed by atoms with Gasteiger partial charge in [-0.15, -0.1) is 0 Å². The molecule has 0 saturated carbocycles. The van der Waals surface area contributed by atoms with Crippen molar-refractivity contribution in [3.8, 4) is 22.7 Å². The number of hydrogen-bond donors (Lipinski definition) is 2. The largest absolute Gasteiger partial charge is 0.507 e. The molecule has 7 heteroatoms. The van der Waals surface area contributed by atoms with E-state index in [2.05, 4.69) is 34.1 Å². The molecule has 31 heavy (non-hydrogen) atoms. The number of phenols is 1. The second kappa shape index (κ2) is 7.57. The summed E-state index contributed by atoms with van der Waals surface area (Å²) in [4.78, 5) is 13.0. The summed E-state index contributed by atoms with van der Waals surface area (Å²) in [5, 5.41) is 14.0. The Hall–Kier alpha value is -3.06. The van der Waals surface area contributed by atoms with Gasteiger partial charge in [0.1, 0.15) is 11.9 Å². The lowest BCUT2D eigenvalue weighted by molar-refractivity contribution is 0.0936. The van der Waals surface area contributed by atoms with Gasteiger partial charge in [0.15, 0.2) is 0 Å². The molecule has 2 bridgehead atoms. The number of alkyl halides is 1. The second-order valence-electron chi connectivity index (χ2n) is 9.15. The van der Waals surface area contributed by atoms with Crippen LogP contribution in [0, 0.1) is 5.92 Å². The average molecular weight is 420 g/mol. The van der Waals surface area contributed by atoms with E-state index in [0.717, 1.165) is 24.1 Å². The van der Waals surface area contributed by atoms with Crippen molar-refractivity contribution in [1.82, 2.24) is 24.8 Å². The van der Waals surface area contributed by atoms with Crippen LogP contribution in [0.25, 0.3) is 23.0 Å². The van der Waals surface area contributed by atoms with Crippen molar-refractivity contribution in [2.75, 3.05) is 0 Å². The summed E-state index contributed by atoms with van der Waals surface area (Å²) in [6.07, 6.45) is 11.8. The zero-order chi connectivity index (χ0) is 21.6. The number of hydrogen-bond acceptors (Lipinski definition) is 5. The van der Waals surface area contributed by atoms with Gasteiger partial charge in [-0.1, -0.05) is 6.92 Å². The lowest BCUT2D eigenvalue weighted by Gasteiger charge is -2.49. The van der Waals surface area contributed by atoms with E-state index >= 15 is 4.39 Å². The van der Waals surface area contributed by atoms with Crippen LogP contribution in [0.4, 0.5) is 4.39 Å². The Morgan fingerprint density at radius 1 is 1.29 bits per heavy atom. The molecule has 4 heterocycles. The Kier molecular flexibility index (Phi) is 4.85. The number of aromatic hydroxyl groups is 1. The normalized spacial score (nSPS) is 29.3. The maximum Gasteiger partial charge on any atom is 0.137 e. The molecule has 1 aromatic carbocycles. The molecule has 3 aromatic rings. The second-order valence-corrected chi connectivity index (χ2v) is 9.15. The van der Waals surface area contributed by atoms with Gasteiger partial charge in [-0.25, -0.2) is 9.37 Å². The molecule has 2 fully saturated rings. The molecular formula is C24H26FN5O. The third kappa shape index (κ3) is 3.85. The van der Waals surface area contributed by atoms with Crippen LogP contribution in [0.1, 0.15) is 38.8 Å². The van der Waals surface area contributed by atoms with Crippen molar-refractivity contribution in [2.24, 2.45) is 5.92 Å². The Morgan fingerprint density at radius 2 is 2.16 bits per heavy atom. The quantitative estimate of drug-likeness (QED) is 0.662. The zero-order valence-corrected chi connectivity index (χ0v) is 17.7. The van der Waals surface area contributed by atoms with E-state index in [1.54, 1.807) is 37.1 Å². The van der Waals surface area contributed by atoms with E-state index in [1.807, 2.05) is 22.9 Å². The van der Waals surface area contributed by atoms with Crippen LogP contribution in [0.2, 0.25) is 0 Å². The first kappa shape index (κ1) is 19.9. The van der Waals surface area contributed by atoms with E-state index in [-0.39, 0.29) is 17.3 Å². The summed E-state index contributed by atoms with van der Waals surface area (Å²) in [5.41, 5.74) is 3.32. The fourth-order valence-corrected chi connectivity index (χ4v) is 5.15. The molecule has 2 N–H and O–H groups in total. The third-order valence-electron chi connectivity index (χ3n) is 6.36. The van der Waals surface area contributed by atoms with E-state index < -0.39 is 6.17 Å². The molecular weight excluding hydrogens is 393 g/mol. The minimum absolute atomic E-state index is 0.0626. The van der Waals surface area contributed by atoms with Crippen molar-refractivity contribution in [1.29, 1.82) is 0 Å². The van der Waals surface area contributed by atoms with E-state index in [4.69, 9.17) is 0 Å². The molecule has 0 amide bonds. The number of benzene rings is 1. The number of halogens is 1. The highest BCUT2D eigenvalue weighted by atomic mass is 19.1. The van der Waals surface area contributed by atoms with Gasteiger partial charge in [-0.05, 0) is 55.9 Å². The van der Waals surface area contributed by atoms with Crippen molar-refractivity contribution < 1.29 is 9.50 Å². The molecule has 2 aromatic heterocycles.